The van der Waals surface area contributed by atoms with Crippen molar-refractivity contribution in [3.8, 4) is 0 Å². The van der Waals surface area contributed by atoms with Crippen LogP contribution in [0.15, 0.2) is 6.33 Å². The Bertz CT molecular complexity index is 879. The lowest BCUT2D eigenvalue weighted by Gasteiger charge is -2.33. The van der Waals surface area contributed by atoms with Crippen molar-refractivity contribution >= 4 is 46.5 Å². The summed E-state index contributed by atoms with van der Waals surface area (Å²) >= 11 is 7.46. The fourth-order valence-electron chi connectivity index (χ4n) is 3.24. The highest BCUT2D eigenvalue weighted by Gasteiger charge is 2.54. The summed E-state index contributed by atoms with van der Waals surface area (Å²) in [4.78, 5) is 36.5. The number of hydrogen-bond acceptors (Lipinski definition) is 8. The van der Waals surface area contributed by atoms with E-state index in [9.17, 15) is 14.0 Å². The zero-order valence-corrected chi connectivity index (χ0v) is 16.3. The molecule has 2 aromatic heterocycles. The molecule has 1 fully saturated rings. The van der Waals surface area contributed by atoms with Crippen molar-refractivity contribution in [3.63, 3.8) is 0 Å². The van der Waals surface area contributed by atoms with Gasteiger partial charge in [-0.05, 0) is 19.6 Å². The van der Waals surface area contributed by atoms with E-state index >= 15 is 0 Å². The molecule has 11 heteroatoms. The van der Waals surface area contributed by atoms with Crippen LogP contribution < -0.4 is 0 Å². The standard InChI is InChI=1S/C16H18ClFN4O4S/c1-3-25-10(23)5-9-6-27-7-16(9,14(24)26-4-2)22-8-19-11-12(17)20-15(18)21-13(11)22/h8-9H,3-7H2,1-2H3/t9-,16+/m1/s1. The summed E-state index contributed by atoms with van der Waals surface area (Å²) in [5.74, 6) is -0.529. The molecule has 27 heavy (non-hydrogen) atoms. The zero-order valence-electron chi connectivity index (χ0n) is 14.8. The summed E-state index contributed by atoms with van der Waals surface area (Å²) in [5, 5.41) is -0.150. The first kappa shape index (κ1) is 19.8. The molecule has 1 aliphatic heterocycles. The molecule has 0 spiro atoms. The van der Waals surface area contributed by atoms with E-state index in [0.29, 0.717) is 11.5 Å². The molecule has 0 N–H and O–H groups in total. The normalized spacial score (nSPS) is 22.1. The van der Waals surface area contributed by atoms with Gasteiger partial charge >= 0.3 is 18.0 Å². The van der Waals surface area contributed by atoms with E-state index in [1.807, 2.05) is 0 Å². The van der Waals surface area contributed by atoms with Crippen molar-refractivity contribution in [3.05, 3.63) is 17.6 Å². The molecule has 3 heterocycles. The van der Waals surface area contributed by atoms with Crippen LogP contribution in [0.2, 0.25) is 5.15 Å². The van der Waals surface area contributed by atoms with Crippen LogP contribution in [0.25, 0.3) is 11.2 Å². The fourth-order valence-corrected chi connectivity index (χ4v) is 5.04. The Kier molecular flexibility index (Phi) is 5.85. The van der Waals surface area contributed by atoms with Crippen molar-refractivity contribution in [2.75, 3.05) is 24.7 Å². The molecule has 2 aromatic rings. The summed E-state index contributed by atoms with van der Waals surface area (Å²) in [5.41, 5.74) is -1.02. The number of carbonyl (C=O) groups is 2. The van der Waals surface area contributed by atoms with E-state index in [1.54, 1.807) is 13.8 Å². The van der Waals surface area contributed by atoms with Gasteiger partial charge in [-0.2, -0.15) is 26.1 Å². The number of nitrogens with zero attached hydrogens (tertiary/aromatic N) is 4. The van der Waals surface area contributed by atoms with Crippen LogP contribution in [0, 0.1) is 12.0 Å². The van der Waals surface area contributed by atoms with E-state index in [4.69, 9.17) is 21.1 Å². The molecule has 0 amide bonds. The third-order valence-electron chi connectivity index (χ3n) is 4.42. The van der Waals surface area contributed by atoms with E-state index in [-0.39, 0.29) is 36.0 Å². The van der Waals surface area contributed by atoms with Crippen molar-refractivity contribution in [1.82, 2.24) is 19.5 Å². The number of aromatic nitrogens is 4. The Morgan fingerprint density at radius 2 is 2.11 bits per heavy atom. The smallest absolute Gasteiger partial charge is 0.333 e. The molecule has 0 aliphatic carbocycles. The molecular weight excluding hydrogens is 399 g/mol. The summed E-state index contributed by atoms with van der Waals surface area (Å²) < 4.78 is 25.6. The van der Waals surface area contributed by atoms with Crippen LogP contribution in [0.3, 0.4) is 0 Å². The number of hydrogen-bond donors (Lipinski definition) is 0. The Morgan fingerprint density at radius 3 is 2.81 bits per heavy atom. The van der Waals surface area contributed by atoms with E-state index < -0.39 is 29.5 Å². The molecule has 0 saturated carbocycles. The van der Waals surface area contributed by atoms with Gasteiger partial charge in [0, 0.05) is 11.7 Å². The second kappa shape index (κ2) is 7.97. The maximum Gasteiger partial charge on any atom is 0.333 e. The molecule has 3 rings (SSSR count). The number of halogens is 2. The molecule has 0 bridgehead atoms. The highest BCUT2D eigenvalue weighted by atomic mass is 35.5. The Morgan fingerprint density at radius 1 is 1.37 bits per heavy atom. The van der Waals surface area contributed by atoms with Crippen LogP contribution in [-0.2, 0) is 24.6 Å². The Hall–Kier alpha value is -1.94. The predicted octanol–water partition coefficient (Wildman–Crippen LogP) is 2.19. The van der Waals surface area contributed by atoms with Gasteiger partial charge in [-0.15, -0.1) is 0 Å². The SMILES string of the molecule is CCOC(=O)C[C@@H]1CSC[C@]1(C(=O)OCC)n1cnc2c(Cl)nc(F)nc21. The molecule has 0 radical (unpaired) electrons. The first-order valence-corrected chi connectivity index (χ1v) is 9.94. The number of carbonyl (C=O) groups excluding carboxylic acids is 2. The number of fused-ring (bicyclic) bond motifs is 1. The molecular formula is C16H18ClFN4O4S. The maximum absolute atomic E-state index is 13.8. The summed E-state index contributed by atoms with van der Waals surface area (Å²) in [6.45, 7) is 3.81. The lowest BCUT2D eigenvalue weighted by atomic mass is 9.84. The average Bonchev–Trinajstić information content (AvgIpc) is 3.20. The van der Waals surface area contributed by atoms with Crippen LogP contribution in [0.4, 0.5) is 4.39 Å². The summed E-state index contributed by atoms with van der Waals surface area (Å²) in [6.07, 6.45) is 0.354. The quantitative estimate of drug-likeness (QED) is 0.401. The minimum absolute atomic E-state index is 0.0145. The Balaban J connectivity index is 2.14. The first-order valence-electron chi connectivity index (χ1n) is 8.41. The van der Waals surface area contributed by atoms with Crippen molar-refractivity contribution < 1.29 is 23.5 Å². The van der Waals surface area contributed by atoms with Gasteiger partial charge in [0.05, 0.1) is 26.0 Å². The van der Waals surface area contributed by atoms with Crippen LogP contribution in [0.1, 0.15) is 20.3 Å². The van der Waals surface area contributed by atoms with Crippen LogP contribution in [0.5, 0.6) is 0 Å². The van der Waals surface area contributed by atoms with Gasteiger partial charge in [-0.3, -0.25) is 9.36 Å². The minimum atomic E-state index is -1.27. The fraction of sp³-hybridized carbons (Fsp3) is 0.562. The highest BCUT2D eigenvalue weighted by Crippen LogP contribution is 2.44. The predicted molar refractivity (Wildman–Crippen MR) is 97.0 cm³/mol. The Labute approximate surface area is 163 Å². The topological polar surface area (TPSA) is 96.2 Å². The van der Waals surface area contributed by atoms with Gasteiger partial charge in [0.25, 0.3) is 0 Å². The molecule has 1 aliphatic rings. The van der Waals surface area contributed by atoms with Gasteiger partial charge in [-0.25, -0.2) is 9.78 Å². The lowest BCUT2D eigenvalue weighted by Crippen LogP contribution is -2.49. The first-order chi connectivity index (χ1) is 12.9. The second-order valence-corrected chi connectivity index (χ2v) is 7.32. The van der Waals surface area contributed by atoms with Gasteiger partial charge in [-0.1, -0.05) is 11.6 Å². The maximum atomic E-state index is 13.8. The molecule has 0 unspecified atom stereocenters. The van der Waals surface area contributed by atoms with E-state index in [0.717, 1.165) is 0 Å². The van der Waals surface area contributed by atoms with Crippen LogP contribution in [-0.4, -0.2) is 56.2 Å². The number of esters is 2. The van der Waals surface area contributed by atoms with Crippen LogP contribution >= 0.6 is 23.4 Å². The molecule has 2 atom stereocenters. The van der Waals surface area contributed by atoms with Gasteiger partial charge in [0.2, 0.25) is 0 Å². The van der Waals surface area contributed by atoms with Gasteiger partial charge < -0.3 is 9.47 Å². The largest absolute Gasteiger partial charge is 0.466 e. The number of thioether (sulfide) groups is 1. The number of imidazole rings is 1. The molecule has 146 valence electrons. The van der Waals surface area contributed by atoms with Gasteiger partial charge in [0.1, 0.15) is 5.52 Å². The third-order valence-corrected chi connectivity index (χ3v) is 5.97. The van der Waals surface area contributed by atoms with E-state index in [2.05, 4.69) is 15.0 Å². The zero-order chi connectivity index (χ0) is 19.6. The number of ether oxygens (including phenoxy) is 2. The number of rotatable bonds is 6. The van der Waals surface area contributed by atoms with Gasteiger partial charge in [0.15, 0.2) is 16.3 Å². The van der Waals surface area contributed by atoms with Crippen molar-refractivity contribution in [2.24, 2.45) is 5.92 Å². The lowest BCUT2D eigenvalue weighted by molar-refractivity contribution is -0.156. The molecule has 1 saturated heterocycles. The summed E-state index contributed by atoms with van der Waals surface area (Å²) in [7, 11) is 0. The molecule has 0 aromatic carbocycles. The summed E-state index contributed by atoms with van der Waals surface area (Å²) in [6, 6.07) is 0. The van der Waals surface area contributed by atoms with Crippen molar-refractivity contribution in [2.45, 2.75) is 25.8 Å². The average molecular weight is 417 g/mol. The third kappa shape index (κ3) is 3.47. The van der Waals surface area contributed by atoms with E-state index in [1.165, 1.54) is 22.7 Å². The highest BCUT2D eigenvalue weighted by molar-refractivity contribution is 7.99. The minimum Gasteiger partial charge on any atom is -0.466 e. The molecule has 8 nitrogen and oxygen atoms in total. The monoisotopic (exact) mass is 416 g/mol. The van der Waals surface area contributed by atoms with Crippen molar-refractivity contribution in [1.29, 1.82) is 0 Å². The second-order valence-electron chi connectivity index (χ2n) is 5.94.